The number of nitrogens with one attached hydrogen (secondary N) is 1. The van der Waals surface area contributed by atoms with Gasteiger partial charge in [-0.05, 0) is 72.3 Å². The van der Waals surface area contributed by atoms with E-state index in [9.17, 15) is 18.0 Å². The third-order valence-corrected chi connectivity index (χ3v) is 5.87. The van der Waals surface area contributed by atoms with Gasteiger partial charge in [-0.1, -0.05) is 41.9 Å². The van der Waals surface area contributed by atoms with Crippen molar-refractivity contribution in [3.63, 3.8) is 0 Å². The predicted octanol–water partition coefficient (Wildman–Crippen LogP) is 7.41. The molecule has 6 nitrogen and oxygen atoms in total. The van der Waals surface area contributed by atoms with Gasteiger partial charge < -0.3 is 10.1 Å². The number of benzene rings is 4. The number of alkyl halides is 3. The largest absolute Gasteiger partial charge is 0.573 e. The number of halogens is 4. The molecule has 10 heteroatoms. The van der Waals surface area contributed by atoms with Gasteiger partial charge in [-0.2, -0.15) is 0 Å². The second-order valence-corrected chi connectivity index (χ2v) is 8.55. The summed E-state index contributed by atoms with van der Waals surface area (Å²) in [5.41, 5.74) is 3.95. The number of nitrogens with zero attached hydrogens (tertiary/aromatic N) is 3. The van der Waals surface area contributed by atoms with Gasteiger partial charge in [-0.15, -0.1) is 18.3 Å². The number of ether oxygens (including phenoxy) is 1. The van der Waals surface area contributed by atoms with E-state index in [0.29, 0.717) is 33.3 Å². The van der Waals surface area contributed by atoms with Gasteiger partial charge in [0.25, 0.3) is 5.91 Å². The van der Waals surface area contributed by atoms with Crippen LogP contribution in [-0.4, -0.2) is 27.0 Å². The number of rotatable bonds is 6. The summed E-state index contributed by atoms with van der Waals surface area (Å²) in [6.07, 6.45) is -3.30. The van der Waals surface area contributed by atoms with Crippen LogP contribution in [0.1, 0.15) is 10.4 Å². The molecule has 5 rings (SSSR count). The SMILES string of the molecule is O=C(Nc1ccc(-c2ncn(-c3ccc(OC(F)(F)F)cc3)n2)cc1)c1cccc(-c2ccccc2Cl)c1. The highest BCUT2D eigenvalue weighted by molar-refractivity contribution is 6.33. The molecule has 5 aromatic rings. The second-order valence-electron chi connectivity index (χ2n) is 8.15. The Morgan fingerprint density at radius 3 is 2.32 bits per heavy atom. The maximum absolute atomic E-state index is 12.9. The number of hydrogen-bond acceptors (Lipinski definition) is 4. The molecule has 1 aromatic heterocycles. The smallest absolute Gasteiger partial charge is 0.406 e. The van der Waals surface area contributed by atoms with Gasteiger partial charge in [0, 0.05) is 27.4 Å². The van der Waals surface area contributed by atoms with Crippen LogP contribution in [0.15, 0.2) is 103 Å². The van der Waals surface area contributed by atoms with Crippen LogP contribution in [0, 0.1) is 0 Å². The summed E-state index contributed by atoms with van der Waals surface area (Å²) in [7, 11) is 0. The first-order valence-corrected chi connectivity index (χ1v) is 11.7. The highest BCUT2D eigenvalue weighted by Crippen LogP contribution is 2.28. The number of anilines is 1. The van der Waals surface area contributed by atoms with E-state index in [1.807, 2.05) is 24.3 Å². The monoisotopic (exact) mass is 534 g/mol. The quantitative estimate of drug-likeness (QED) is 0.246. The van der Waals surface area contributed by atoms with Gasteiger partial charge in [0.15, 0.2) is 5.82 Å². The summed E-state index contributed by atoms with van der Waals surface area (Å²) in [6, 6.07) is 26.9. The molecule has 0 atom stereocenters. The molecule has 0 aliphatic rings. The summed E-state index contributed by atoms with van der Waals surface area (Å²) >= 11 is 6.29. The topological polar surface area (TPSA) is 69.0 Å². The molecule has 0 saturated carbocycles. The number of hydrogen-bond donors (Lipinski definition) is 1. The molecule has 0 aliphatic heterocycles. The van der Waals surface area contributed by atoms with Crippen molar-refractivity contribution in [3.05, 3.63) is 114 Å². The molecular weight excluding hydrogens is 517 g/mol. The lowest BCUT2D eigenvalue weighted by atomic mass is 10.0. The zero-order valence-electron chi connectivity index (χ0n) is 19.5. The lowest BCUT2D eigenvalue weighted by Crippen LogP contribution is -2.17. The van der Waals surface area contributed by atoms with E-state index in [4.69, 9.17) is 11.6 Å². The Bertz CT molecular complexity index is 1580. The maximum Gasteiger partial charge on any atom is 0.573 e. The van der Waals surface area contributed by atoms with Gasteiger partial charge in [-0.3, -0.25) is 4.79 Å². The van der Waals surface area contributed by atoms with Crippen molar-refractivity contribution in [3.8, 4) is 34.0 Å². The van der Waals surface area contributed by atoms with E-state index in [-0.39, 0.29) is 11.7 Å². The van der Waals surface area contributed by atoms with Crippen molar-refractivity contribution < 1.29 is 22.7 Å². The van der Waals surface area contributed by atoms with Crippen LogP contribution >= 0.6 is 11.6 Å². The van der Waals surface area contributed by atoms with Gasteiger partial charge in [0.1, 0.15) is 12.1 Å². The second kappa shape index (κ2) is 10.4. The standard InChI is InChI=1S/C28H18ClF3N4O2/c29-25-7-2-1-6-24(25)19-4-3-5-20(16-19)27(37)34-21-10-8-18(9-11-21)26-33-17-36(35-26)22-12-14-23(15-13-22)38-28(30,31)32/h1-17H,(H,34,37). The Morgan fingerprint density at radius 1 is 0.868 bits per heavy atom. The molecule has 0 unspecified atom stereocenters. The van der Waals surface area contributed by atoms with Crippen molar-refractivity contribution in [2.75, 3.05) is 5.32 Å². The Kier molecular flexibility index (Phi) is 6.85. The van der Waals surface area contributed by atoms with Crippen molar-refractivity contribution in [1.82, 2.24) is 14.8 Å². The first-order chi connectivity index (χ1) is 18.2. The zero-order valence-corrected chi connectivity index (χ0v) is 20.2. The first kappa shape index (κ1) is 25.0. The van der Waals surface area contributed by atoms with Crippen molar-refractivity contribution >= 4 is 23.2 Å². The predicted molar refractivity (Wildman–Crippen MR) is 138 cm³/mol. The first-order valence-electron chi connectivity index (χ1n) is 11.3. The lowest BCUT2D eigenvalue weighted by Gasteiger charge is -2.09. The molecule has 38 heavy (non-hydrogen) atoms. The average molecular weight is 535 g/mol. The van der Waals surface area contributed by atoms with Gasteiger partial charge in [0.2, 0.25) is 0 Å². The molecule has 0 saturated heterocycles. The minimum atomic E-state index is -4.76. The third-order valence-electron chi connectivity index (χ3n) is 5.54. The van der Waals surface area contributed by atoms with Gasteiger partial charge in [0.05, 0.1) is 5.69 Å². The molecular formula is C28H18ClF3N4O2. The van der Waals surface area contributed by atoms with Crippen LogP contribution in [-0.2, 0) is 0 Å². The summed E-state index contributed by atoms with van der Waals surface area (Å²) < 4.78 is 42.4. The summed E-state index contributed by atoms with van der Waals surface area (Å²) in [5, 5.41) is 7.86. The third kappa shape index (κ3) is 5.84. The molecule has 190 valence electrons. The fraction of sp³-hybridized carbons (Fsp3) is 0.0357. The summed E-state index contributed by atoms with van der Waals surface area (Å²) in [5.74, 6) is -0.187. The van der Waals surface area contributed by atoms with E-state index in [0.717, 1.165) is 11.1 Å². The fourth-order valence-electron chi connectivity index (χ4n) is 3.75. The highest BCUT2D eigenvalue weighted by Gasteiger charge is 2.31. The Morgan fingerprint density at radius 2 is 1.61 bits per heavy atom. The molecule has 1 amide bonds. The van der Waals surface area contributed by atoms with Gasteiger partial charge >= 0.3 is 6.36 Å². The normalized spacial score (nSPS) is 11.3. The molecule has 4 aromatic carbocycles. The van der Waals surface area contributed by atoms with Crippen molar-refractivity contribution in [1.29, 1.82) is 0 Å². The van der Waals surface area contributed by atoms with Crippen LogP contribution in [0.2, 0.25) is 5.02 Å². The summed E-state index contributed by atoms with van der Waals surface area (Å²) in [6.45, 7) is 0. The molecule has 0 aliphatic carbocycles. The molecule has 0 bridgehead atoms. The fourth-order valence-corrected chi connectivity index (χ4v) is 3.99. The average Bonchev–Trinajstić information content (AvgIpc) is 3.39. The zero-order chi connectivity index (χ0) is 26.7. The number of carbonyl (C=O) groups is 1. The van der Waals surface area contributed by atoms with Gasteiger partial charge in [-0.25, -0.2) is 9.67 Å². The van der Waals surface area contributed by atoms with E-state index >= 15 is 0 Å². The Balaban J connectivity index is 1.26. The van der Waals surface area contributed by atoms with E-state index in [2.05, 4.69) is 20.1 Å². The van der Waals surface area contributed by atoms with Crippen LogP contribution in [0.5, 0.6) is 5.75 Å². The highest BCUT2D eigenvalue weighted by atomic mass is 35.5. The van der Waals surface area contributed by atoms with Crippen LogP contribution < -0.4 is 10.1 Å². The minimum Gasteiger partial charge on any atom is -0.406 e. The van der Waals surface area contributed by atoms with E-state index in [1.54, 1.807) is 48.5 Å². The number of aromatic nitrogens is 3. The molecule has 0 spiro atoms. The van der Waals surface area contributed by atoms with E-state index < -0.39 is 6.36 Å². The maximum atomic E-state index is 12.9. The van der Waals surface area contributed by atoms with E-state index in [1.165, 1.54) is 35.3 Å². The van der Waals surface area contributed by atoms with Crippen LogP contribution in [0.3, 0.4) is 0 Å². The molecule has 1 N–H and O–H groups in total. The molecule has 0 radical (unpaired) electrons. The van der Waals surface area contributed by atoms with Crippen LogP contribution in [0.4, 0.5) is 18.9 Å². The molecule has 0 fully saturated rings. The number of amides is 1. The minimum absolute atomic E-state index is 0.271. The van der Waals surface area contributed by atoms with Crippen LogP contribution in [0.25, 0.3) is 28.2 Å². The molecule has 1 heterocycles. The summed E-state index contributed by atoms with van der Waals surface area (Å²) in [4.78, 5) is 17.1. The lowest BCUT2D eigenvalue weighted by molar-refractivity contribution is -0.274. The van der Waals surface area contributed by atoms with Crippen molar-refractivity contribution in [2.24, 2.45) is 0 Å². The Labute approximate surface area is 220 Å². The van der Waals surface area contributed by atoms with Crippen molar-refractivity contribution in [2.45, 2.75) is 6.36 Å². The number of carbonyl (C=O) groups excluding carboxylic acids is 1. The Hall–Kier alpha value is -4.63.